The first-order valence-electron chi connectivity index (χ1n) is 17.6. The largest absolute Gasteiger partial charge is 0.456 e. The number of rotatable bonds is 5. The van der Waals surface area contributed by atoms with Gasteiger partial charge in [-0.25, -0.2) is 9.97 Å². The van der Waals surface area contributed by atoms with Crippen molar-refractivity contribution in [2.45, 2.75) is 0 Å². The van der Waals surface area contributed by atoms with Crippen LogP contribution < -0.4 is 0 Å². The molecule has 5 heteroatoms. The van der Waals surface area contributed by atoms with Crippen LogP contribution in [0.3, 0.4) is 0 Å². The van der Waals surface area contributed by atoms with E-state index in [1.807, 2.05) is 54.6 Å². The van der Waals surface area contributed by atoms with Crippen molar-refractivity contribution < 1.29 is 4.42 Å². The fourth-order valence-electron chi connectivity index (χ4n) is 7.41. The molecule has 248 valence electrons. The molecule has 0 fully saturated rings. The summed E-state index contributed by atoms with van der Waals surface area (Å²) in [5.74, 6) is 0.577. The first-order valence-corrected chi connectivity index (χ1v) is 17.6. The van der Waals surface area contributed by atoms with Crippen LogP contribution in [0.2, 0.25) is 0 Å². The number of nitrogens with zero attached hydrogens (tertiary/aromatic N) is 2. The minimum Gasteiger partial charge on any atom is -0.456 e. The van der Waals surface area contributed by atoms with Crippen LogP contribution in [0.4, 0.5) is 0 Å². The Labute approximate surface area is 305 Å². The third-order valence-corrected chi connectivity index (χ3v) is 10.1. The number of fused-ring (bicyclic) bond motifs is 6. The molecule has 2 N–H and O–H groups in total. The maximum Gasteiger partial charge on any atom is 0.160 e. The smallest absolute Gasteiger partial charge is 0.160 e. The minimum atomic E-state index is 0.200. The Morgan fingerprint density at radius 3 is 1.77 bits per heavy atom. The molecule has 0 aliphatic heterocycles. The maximum absolute atomic E-state index is 8.80. The third-order valence-electron chi connectivity index (χ3n) is 10.1. The van der Waals surface area contributed by atoms with E-state index in [4.69, 9.17) is 25.2 Å². The molecule has 0 bridgehead atoms. The van der Waals surface area contributed by atoms with Crippen molar-refractivity contribution in [3.8, 4) is 56.2 Å². The van der Waals surface area contributed by atoms with Gasteiger partial charge in [-0.05, 0) is 99.3 Å². The first kappa shape index (κ1) is 30.6. The van der Waals surface area contributed by atoms with E-state index >= 15 is 0 Å². The monoisotopic (exact) mass is 678 g/mol. The molecule has 1 aliphatic rings. The molecule has 9 aromatic rings. The van der Waals surface area contributed by atoms with Crippen molar-refractivity contribution >= 4 is 50.2 Å². The second-order valence-electron chi connectivity index (χ2n) is 13.4. The van der Waals surface area contributed by atoms with Gasteiger partial charge in [-0.1, -0.05) is 109 Å². The van der Waals surface area contributed by atoms with Gasteiger partial charge in [0.2, 0.25) is 0 Å². The summed E-state index contributed by atoms with van der Waals surface area (Å²) in [6.45, 7) is 0. The van der Waals surface area contributed by atoms with Crippen LogP contribution in [-0.4, -0.2) is 21.4 Å². The Kier molecular flexibility index (Phi) is 7.05. The predicted octanol–water partition coefficient (Wildman–Crippen LogP) is 12.3. The number of hydrogen-bond donors (Lipinski definition) is 2. The molecule has 2 aromatic heterocycles. The number of furan rings is 1. The lowest BCUT2D eigenvalue weighted by Crippen LogP contribution is -2.16. The average Bonchev–Trinajstić information content (AvgIpc) is 3.60. The zero-order valence-electron chi connectivity index (χ0n) is 28.5. The molecule has 2 heterocycles. The number of nitrogens with one attached hydrogen (secondary N) is 2. The van der Waals surface area contributed by atoms with Crippen molar-refractivity contribution in [3.05, 3.63) is 175 Å². The normalized spacial score (nSPS) is 12.5. The number of aromatic nitrogens is 2. The molecule has 0 spiro atoms. The van der Waals surface area contributed by atoms with E-state index in [1.165, 1.54) is 0 Å². The SMILES string of the molecule is N=C1C=Cc2ccc3ccc(-c4nc(-c5cc(-c6ccccc6)cc(-c6ccccc6)c5)cc(-c5ccc6oc7ccccc7c6c5)n4)cc3c2C1=N. The van der Waals surface area contributed by atoms with Crippen LogP contribution in [0.1, 0.15) is 11.1 Å². The molecular weight excluding hydrogens is 649 g/mol. The van der Waals surface area contributed by atoms with E-state index in [1.54, 1.807) is 6.08 Å². The van der Waals surface area contributed by atoms with Gasteiger partial charge in [0.25, 0.3) is 0 Å². The fraction of sp³-hybridized carbons (Fsp3) is 0. The van der Waals surface area contributed by atoms with Gasteiger partial charge in [-0.3, -0.25) is 10.8 Å². The summed E-state index contributed by atoms with van der Waals surface area (Å²) in [5.41, 5.74) is 12.6. The second kappa shape index (κ2) is 12.2. The van der Waals surface area contributed by atoms with Crippen molar-refractivity contribution in [2.24, 2.45) is 0 Å². The van der Waals surface area contributed by atoms with Crippen LogP contribution in [0.15, 0.2) is 168 Å². The zero-order valence-corrected chi connectivity index (χ0v) is 28.5. The van der Waals surface area contributed by atoms with Gasteiger partial charge in [0.05, 0.1) is 22.8 Å². The van der Waals surface area contributed by atoms with Gasteiger partial charge in [0.15, 0.2) is 5.82 Å². The first-order chi connectivity index (χ1) is 26.1. The van der Waals surface area contributed by atoms with E-state index in [0.29, 0.717) is 5.82 Å². The Morgan fingerprint density at radius 1 is 0.415 bits per heavy atom. The van der Waals surface area contributed by atoms with Crippen LogP contribution in [0.5, 0.6) is 0 Å². The summed E-state index contributed by atoms with van der Waals surface area (Å²) in [5, 5.41) is 21.2. The molecular formula is C48H30N4O. The van der Waals surface area contributed by atoms with Crippen molar-refractivity contribution in [1.29, 1.82) is 10.8 Å². The Hall–Kier alpha value is -7.24. The molecule has 5 nitrogen and oxygen atoms in total. The minimum absolute atomic E-state index is 0.200. The van der Waals surface area contributed by atoms with Crippen LogP contribution >= 0.6 is 0 Å². The van der Waals surface area contributed by atoms with Crippen molar-refractivity contribution in [1.82, 2.24) is 9.97 Å². The van der Waals surface area contributed by atoms with Gasteiger partial charge >= 0.3 is 0 Å². The lowest BCUT2D eigenvalue weighted by molar-refractivity contribution is 0.669. The van der Waals surface area contributed by atoms with E-state index < -0.39 is 0 Å². The Morgan fingerprint density at radius 2 is 1.02 bits per heavy atom. The highest BCUT2D eigenvalue weighted by Crippen LogP contribution is 2.37. The van der Waals surface area contributed by atoms with Crippen molar-refractivity contribution in [3.63, 3.8) is 0 Å². The van der Waals surface area contributed by atoms with Crippen LogP contribution in [-0.2, 0) is 0 Å². The average molecular weight is 679 g/mol. The van der Waals surface area contributed by atoms with Gasteiger partial charge < -0.3 is 4.42 Å². The van der Waals surface area contributed by atoms with Gasteiger partial charge in [0.1, 0.15) is 11.2 Å². The molecule has 0 unspecified atom stereocenters. The van der Waals surface area contributed by atoms with Crippen LogP contribution in [0, 0.1) is 10.8 Å². The molecule has 0 atom stereocenters. The topological polar surface area (TPSA) is 86.6 Å². The Bertz CT molecular complexity index is 2920. The molecule has 0 amide bonds. The van der Waals surface area contributed by atoms with E-state index in [2.05, 4.69) is 109 Å². The second-order valence-corrected chi connectivity index (χ2v) is 13.4. The van der Waals surface area contributed by atoms with Crippen molar-refractivity contribution in [2.75, 3.05) is 0 Å². The van der Waals surface area contributed by atoms with E-state index in [0.717, 1.165) is 94.2 Å². The maximum atomic E-state index is 8.80. The van der Waals surface area contributed by atoms with Crippen LogP contribution in [0.25, 0.3) is 94.9 Å². The summed E-state index contributed by atoms with van der Waals surface area (Å²) in [7, 11) is 0. The van der Waals surface area contributed by atoms with Gasteiger partial charge in [0, 0.05) is 33.0 Å². The molecule has 0 saturated heterocycles. The standard InChI is InChI=1S/C48H30N4O/c49-41-21-19-32-17-15-31-16-18-34(27-39(31)46(32)47(41)50)48-51-42(33-20-22-45-40(26-33)38-13-7-8-14-44(38)53-45)28-43(52-48)37-24-35(29-9-3-1-4-10-29)23-36(25-37)30-11-5-2-6-12-30/h1-28,49-50H. The zero-order chi connectivity index (χ0) is 35.5. The highest BCUT2D eigenvalue weighted by molar-refractivity contribution is 6.53. The summed E-state index contributed by atoms with van der Waals surface area (Å²) in [6, 6.07) is 54.2. The van der Waals surface area contributed by atoms with Gasteiger partial charge in [-0.15, -0.1) is 0 Å². The highest BCUT2D eigenvalue weighted by atomic mass is 16.3. The lowest BCUT2D eigenvalue weighted by atomic mass is 9.88. The van der Waals surface area contributed by atoms with E-state index in [-0.39, 0.29) is 11.4 Å². The third kappa shape index (κ3) is 5.34. The molecule has 1 aliphatic carbocycles. The lowest BCUT2D eigenvalue weighted by Gasteiger charge is -2.16. The number of benzene rings is 7. The Balaban J connectivity index is 1.22. The summed E-state index contributed by atoms with van der Waals surface area (Å²) in [4.78, 5) is 10.5. The number of para-hydroxylation sites is 1. The quantitative estimate of drug-likeness (QED) is 0.190. The molecule has 0 radical (unpaired) electrons. The number of hydrogen-bond acceptors (Lipinski definition) is 5. The molecule has 7 aromatic carbocycles. The fourth-order valence-corrected chi connectivity index (χ4v) is 7.41. The highest BCUT2D eigenvalue weighted by Gasteiger charge is 2.20. The van der Waals surface area contributed by atoms with Gasteiger partial charge in [-0.2, -0.15) is 0 Å². The summed E-state index contributed by atoms with van der Waals surface area (Å²) in [6.07, 6.45) is 3.60. The summed E-state index contributed by atoms with van der Waals surface area (Å²) >= 11 is 0. The molecule has 10 rings (SSSR count). The molecule has 53 heavy (non-hydrogen) atoms. The molecule has 0 saturated carbocycles. The predicted molar refractivity (Wildman–Crippen MR) is 218 cm³/mol. The summed E-state index contributed by atoms with van der Waals surface area (Å²) < 4.78 is 6.17. The number of allylic oxidation sites excluding steroid dienone is 1. The van der Waals surface area contributed by atoms with E-state index in [9.17, 15) is 0 Å².